The van der Waals surface area contributed by atoms with E-state index in [1.165, 1.54) is 51.3 Å². The predicted octanol–water partition coefficient (Wildman–Crippen LogP) is 7.98. The SMILES string of the molecule is C/C=C\C(C)C(F)(F)F.C=Cc1ccc(CC(O)(CC(C)(C)c2cc(F)ccc2OC)C(F)(F)F)n1N.CC. The number of rotatable bonds is 8. The fourth-order valence-corrected chi connectivity index (χ4v) is 3.81. The zero-order chi connectivity index (χ0) is 30.8. The van der Waals surface area contributed by atoms with Crippen LogP contribution in [0.15, 0.2) is 49.1 Å². The van der Waals surface area contributed by atoms with Gasteiger partial charge >= 0.3 is 12.4 Å². The first kappa shape index (κ1) is 36.0. The summed E-state index contributed by atoms with van der Waals surface area (Å²) in [7, 11) is 1.35. The van der Waals surface area contributed by atoms with Gasteiger partial charge in [0.25, 0.3) is 0 Å². The molecule has 0 aliphatic heterocycles. The Kier molecular flexibility index (Phi) is 13.3. The Balaban J connectivity index is 0.00000111. The van der Waals surface area contributed by atoms with Crippen molar-refractivity contribution in [1.29, 1.82) is 0 Å². The lowest BCUT2D eigenvalue weighted by atomic mass is 9.73. The van der Waals surface area contributed by atoms with Gasteiger partial charge in [-0.1, -0.05) is 53.3 Å². The number of hydrogen-bond donors (Lipinski definition) is 2. The van der Waals surface area contributed by atoms with E-state index in [2.05, 4.69) is 6.58 Å². The largest absolute Gasteiger partial charge is 0.496 e. The number of aromatic nitrogens is 1. The summed E-state index contributed by atoms with van der Waals surface area (Å²) < 4.78 is 96.4. The molecule has 1 heterocycles. The van der Waals surface area contributed by atoms with Crippen LogP contribution < -0.4 is 10.6 Å². The van der Waals surface area contributed by atoms with Gasteiger partial charge in [-0.2, -0.15) is 26.3 Å². The number of nitrogens with two attached hydrogens (primary N) is 1. The summed E-state index contributed by atoms with van der Waals surface area (Å²) in [5.41, 5.74) is -3.61. The number of hydrogen-bond acceptors (Lipinski definition) is 3. The minimum Gasteiger partial charge on any atom is -0.496 e. The van der Waals surface area contributed by atoms with Crippen LogP contribution in [0.1, 0.15) is 64.9 Å². The number of ether oxygens (including phenoxy) is 1. The molecule has 2 atom stereocenters. The minimum absolute atomic E-state index is 0.0942. The molecule has 0 radical (unpaired) electrons. The molecule has 0 saturated carbocycles. The van der Waals surface area contributed by atoms with Crippen LogP contribution >= 0.6 is 0 Å². The molecule has 4 nitrogen and oxygen atoms in total. The first-order chi connectivity index (χ1) is 17.8. The molecule has 2 rings (SSSR count). The lowest BCUT2D eigenvalue weighted by Gasteiger charge is -2.38. The highest BCUT2D eigenvalue weighted by Crippen LogP contribution is 2.45. The van der Waals surface area contributed by atoms with Gasteiger partial charge in [-0.25, -0.2) is 4.39 Å². The van der Waals surface area contributed by atoms with Crippen LogP contribution in [0.3, 0.4) is 0 Å². The quantitative estimate of drug-likeness (QED) is 0.193. The van der Waals surface area contributed by atoms with Crippen molar-refractivity contribution in [2.24, 2.45) is 5.92 Å². The van der Waals surface area contributed by atoms with Crippen LogP contribution in [0.5, 0.6) is 5.75 Å². The van der Waals surface area contributed by atoms with Crippen molar-refractivity contribution in [1.82, 2.24) is 4.68 Å². The van der Waals surface area contributed by atoms with E-state index in [0.717, 1.165) is 29.8 Å². The third-order valence-corrected chi connectivity index (χ3v) is 5.87. The van der Waals surface area contributed by atoms with Gasteiger partial charge < -0.3 is 15.7 Å². The summed E-state index contributed by atoms with van der Waals surface area (Å²) in [6.07, 6.45) is -6.58. The van der Waals surface area contributed by atoms with Crippen molar-refractivity contribution in [3.8, 4) is 5.75 Å². The van der Waals surface area contributed by atoms with E-state index in [1.54, 1.807) is 6.92 Å². The molecule has 39 heavy (non-hydrogen) atoms. The molecular formula is C28H39F7N2O2. The molecule has 11 heteroatoms. The first-order valence-corrected chi connectivity index (χ1v) is 12.2. The number of benzene rings is 1. The van der Waals surface area contributed by atoms with Crippen molar-refractivity contribution in [3.63, 3.8) is 0 Å². The maximum absolute atomic E-state index is 13.9. The standard InChI is InChI=1S/C20H24F4N2O2.C6H9F3.C2H6/c1-5-14-7-8-15(26(14)25)11-19(27,20(22,23)24)12-18(2,3)16-10-13(21)6-9-17(16)28-4;1-3-4-5(2)6(7,8)9;1-2/h5-10,27H,1,11-12,25H2,2-4H3;3-5H,1-2H3;1-2H3/b;4-3-;. The number of alkyl halides is 6. The Morgan fingerprint density at radius 1 is 1.08 bits per heavy atom. The van der Waals surface area contributed by atoms with Crippen molar-refractivity contribution < 1.29 is 40.6 Å². The molecule has 0 fully saturated rings. The van der Waals surface area contributed by atoms with Crippen molar-refractivity contribution in [2.45, 2.75) is 77.8 Å². The monoisotopic (exact) mass is 568 g/mol. The number of halogens is 7. The number of allylic oxidation sites excluding steroid dienone is 2. The molecule has 0 amide bonds. The number of nitrogens with zero attached hydrogens (tertiary/aromatic N) is 1. The van der Waals surface area contributed by atoms with Gasteiger partial charge in [0, 0.05) is 17.7 Å². The van der Waals surface area contributed by atoms with Crippen LogP contribution in [-0.2, 0) is 11.8 Å². The fraction of sp³-hybridized carbons (Fsp3) is 0.500. The van der Waals surface area contributed by atoms with E-state index in [9.17, 15) is 35.8 Å². The lowest BCUT2D eigenvalue weighted by Crippen LogP contribution is -2.51. The van der Waals surface area contributed by atoms with E-state index in [4.69, 9.17) is 10.6 Å². The Hall–Kier alpha value is -2.95. The second kappa shape index (κ2) is 14.4. The molecule has 0 aliphatic carbocycles. The van der Waals surface area contributed by atoms with Gasteiger partial charge in [0.1, 0.15) is 11.6 Å². The zero-order valence-electron chi connectivity index (χ0n) is 23.3. The van der Waals surface area contributed by atoms with Crippen molar-refractivity contribution >= 4 is 6.08 Å². The van der Waals surface area contributed by atoms with Crippen LogP contribution in [0.25, 0.3) is 6.08 Å². The van der Waals surface area contributed by atoms with E-state index in [1.807, 2.05) is 13.8 Å². The molecule has 1 aromatic carbocycles. The smallest absolute Gasteiger partial charge is 0.417 e. The molecule has 3 N–H and O–H groups in total. The van der Waals surface area contributed by atoms with Crippen molar-refractivity contribution in [2.75, 3.05) is 13.0 Å². The zero-order valence-corrected chi connectivity index (χ0v) is 23.3. The Bertz CT molecular complexity index is 1070. The maximum Gasteiger partial charge on any atom is 0.417 e. The Labute approximate surface area is 225 Å². The van der Waals surface area contributed by atoms with Gasteiger partial charge in [0.05, 0.1) is 18.7 Å². The van der Waals surface area contributed by atoms with Gasteiger partial charge in [0.15, 0.2) is 5.60 Å². The second-order valence-electron chi connectivity index (χ2n) is 9.29. The maximum atomic E-state index is 13.9. The minimum atomic E-state index is -4.94. The van der Waals surface area contributed by atoms with Crippen LogP contribution in [0.2, 0.25) is 0 Å². The van der Waals surface area contributed by atoms with Crippen molar-refractivity contribution in [3.05, 3.63) is 71.8 Å². The van der Waals surface area contributed by atoms with Crippen LogP contribution in [0.4, 0.5) is 30.7 Å². The highest BCUT2D eigenvalue weighted by molar-refractivity contribution is 5.44. The number of nitrogen functional groups attached to an aromatic ring is 1. The van der Waals surface area contributed by atoms with Gasteiger partial charge in [-0.15, -0.1) is 0 Å². The average Bonchev–Trinajstić information content (AvgIpc) is 3.18. The lowest BCUT2D eigenvalue weighted by molar-refractivity contribution is -0.266. The predicted molar refractivity (Wildman–Crippen MR) is 141 cm³/mol. The topological polar surface area (TPSA) is 60.4 Å². The first-order valence-electron chi connectivity index (χ1n) is 12.2. The van der Waals surface area contributed by atoms with Crippen LogP contribution in [0, 0.1) is 11.7 Å². The molecule has 2 unspecified atom stereocenters. The number of methoxy groups -OCH3 is 1. The summed E-state index contributed by atoms with van der Waals surface area (Å²) in [6, 6.07) is 6.55. The summed E-state index contributed by atoms with van der Waals surface area (Å²) in [5.74, 6) is 4.12. The van der Waals surface area contributed by atoms with E-state index in [0.29, 0.717) is 5.69 Å². The molecule has 0 aliphatic rings. The Morgan fingerprint density at radius 3 is 2.03 bits per heavy atom. The molecular weight excluding hydrogens is 529 g/mol. The molecule has 2 aromatic rings. The van der Waals surface area contributed by atoms with Gasteiger partial charge in [-0.05, 0) is 55.2 Å². The fourth-order valence-electron chi connectivity index (χ4n) is 3.81. The summed E-state index contributed by atoms with van der Waals surface area (Å²) in [4.78, 5) is 0. The Morgan fingerprint density at radius 2 is 1.64 bits per heavy atom. The third-order valence-electron chi connectivity index (χ3n) is 5.87. The third kappa shape index (κ3) is 9.94. The highest BCUT2D eigenvalue weighted by Gasteiger charge is 2.56. The summed E-state index contributed by atoms with van der Waals surface area (Å²) in [5, 5.41) is 10.7. The molecule has 0 saturated heterocycles. The van der Waals surface area contributed by atoms with Gasteiger partial charge in [0.2, 0.25) is 0 Å². The second-order valence-corrected chi connectivity index (χ2v) is 9.29. The summed E-state index contributed by atoms with van der Waals surface area (Å²) >= 11 is 0. The van der Waals surface area contributed by atoms with Crippen LogP contribution in [-0.4, -0.2) is 34.8 Å². The molecule has 222 valence electrons. The van der Waals surface area contributed by atoms with E-state index in [-0.39, 0.29) is 17.0 Å². The highest BCUT2D eigenvalue weighted by atomic mass is 19.4. The van der Waals surface area contributed by atoms with Gasteiger partial charge in [-0.3, -0.25) is 4.68 Å². The molecule has 0 spiro atoms. The van der Waals surface area contributed by atoms with E-state index >= 15 is 0 Å². The summed E-state index contributed by atoms with van der Waals surface area (Å²) in [6.45, 7) is 13.2. The van der Waals surface area contributed by atoms with E-state index < -0.39 is 47.9 Å². The normalized spacial score (nSPS) is 14.4. The molecule has 1 aromatic heterocycles. The average molecular weight is 569 g/mol. The number of aliphatic hydroxyl groups is 1. The molecule has 0 bridgehead atoms.